The summed E-state index contributed by atoms with van der Waals surface area (Å²) in [6, 6.07) is 9.18. The molecule has 1 amide bonds. The third-order valence-electron chi connectivity index (χ3n) is 3.23. The van der Waals surface area contributed by atoms with Crippen LogP contribution in [0.1, 0.15) is 51.9 Å². The summed E-state index contributed by atoms with van der Waals surface area (Å²) >= 11 is 2.16. The molecule has 0 saturated carbocycles. The first-order valence-electron chi connectivity index (χ1n) is 8.32. The summed E-state index contributed by atoms with van der Waals surface area (Å²) in [6.45, 7) is 10.8. The summed E-state index contributed by atoms with van der Waals surface area (Å²) in [6.07, 6.45) is -0.569. The Morgan fingerprint density at radius 2 is 1.46 bits per heavy atom. The van der Waals surface area contributed by atoms with Crippen molar-refractivity contribution >= 4 is 51.1 Å². The SMILES string of the molecule is CC(C)(C)OC(=O)Nc1cc(C(=O)OC(C)(C)C)c2ccccc2c1I. The van der Waals surface area contributed by atoms with E-state index in [1.165, 1.54) is 0 Å². The number of rotatable bonds is 2. The Kier molecular flexibility index (Phi) is 5.85. The van der Waals surface area contributed by atoms with E-state index in [4.69, 9.17) is 9.47 Å². The fraction of sp³-hybridized carbons (Fsp3) is 0.400. The van der Waals surface area contributed by atoms with Crippen molar-refractivity contribution in [2.75, 3.05) is 5.32 Å². The summed E-state index contributed by atoms with van der Waals surface area (Å²) < 4.78 is 11.7. The van der Waals surface area contributed by atoms with Crippen molar-refractivity contribution in [3.63, 3.8) is 0 Å². The number of hydrogen-bond acceptors (Lipinski definition) is 4. The molecule has 0 saturated heterocycles. The molecule has 26 heavy (non-hydrogen) atoms. The van der Waals surface area contributed by atoms with Crippen LogP contribution in [-0.4, -0.2) is 23.3 Å². The molecule has 0 unspecified atom stereocenters. The van der Waals surface area contributed by atoms with E-state index in [1.807, 2.05) is 45.0 Å². The van der Waals surface area contributed by atoms with Crippen LogP contribution in [0.5, 0.6) is 0 Å². The number of nitrogens with one attached hydrogen (secondary N) is 1. The van der Waals surface area contributed by atoms with Crippen LogP contribution in [0, 0.1) is 3.57 Å². The van der Waals surface area contributed by atoms with Gasteiger partial charge >= 0.3 is 12.1 Å². The van der Waals surface area contributed by atoms with Gasteiger partial charge in [-0.1, -0.05) is 24.3 Å². The lowest BCUT2D eigenvalue weighted by atomic mass is 10.0. The van der Waals surface area contributed by atoms with Gasteiger partial charge in [0.2, 0.25) is 0 Å². The molecule has 0 aliphatic carbocycles. The summed E-state index contributed by atoms with van der Waals surface area (Å²) in [5.41, 5.74) is -0.304. The predicted octanol–water partition coefficient (Wildman–Crippen LogP) is 5.75. The highest BCUT2D eigenvalue weighted by molar-refractivity contribution is 14.1. The number of hydrogen-bond donors (Lipinski definition) is 1. The van der Waals surface area contributed by atoms with Crippen LogP contribution in [0.2, 0.25) is 0 Å². The minimum atomic E-state index is -0.611. The first-order valence-corrected chi connectivity index (χ1v) is 9.40. The highest BCUT2D eigenvalue weighted by Crippen LogP contribution is 2.32. The second kappa shape index (κ2) is 7.42. The van der Waals surface area contributed by atoms with Crippen LogP contribution in [0.4, 0.5) is 10.5 Å². The van der Waals surface area contributed by atoms with Crippen molar-refractivity contribution in [3.05, 3.63) is 39.5 Å². The van der Waals surface area contributed by atoms with E-state index < -0.39 is 23.3 Å². The standard InChI is InChI=1S/C20H24INO4/c1-19(2,3)25-17(23)14-11-15(22-18(24)26-20(4,5)6)16(21)13-10-8-7-9-12(13)14/h7-11H,1-6H3,(H,22,24). The predicted molar refractivity (Wildman–Crippen MR) is 112 cm³/mol. The van der Waals surface area contributed by atoms with Crippen molar-refractivity contribution in [1.82, 2.24) is 0 Å². The fourth-order valence-electron chi connectivity index (χ4n) is 2.35. The van der Waals surface area contributed by atoms with Gasteiger partial charge in [-0.25, -0.2) is 9.59 Å². The van der Waals surface area contributed by atoms with Crippen LogP contribution in [0.3, 0.4) is 0 Å². The number of fused-ring (bicyclic) bond motifs is 1. The number of esters is 1. The van der Waals surface area contributed by atoms with Crippen molar-refractivity contribution in [3.8, 4) is 0 Å². The zero-order valence-corrected chi connectivity index (χ0v) is 18.1. The number of carbonyl (C=O) groups excluding carboxylic acids is 2. The Morgan fingerprint density at radius 1 is 0.923 bits per heavy atom. The van der Waals surface area contributed by atoms with E-state index in [-0.39, 0.29) is 0 Å². The van der Waals surface area contributed by atoms with Gasteiger partial charge in [0.05, 0.1) is 11.3 Å². The Balaban J connectivity index is 2.50. The van der Waals surface area contributed by atoms with E-state index >= 15 is 0 Å². The average molecular weight is 469 g/mol. The van der Waals surface area contributed by atoms with E-state index in [0.29, 0.717) is 11.3 Å². The first-order chi connectivity index (χ1) is 11.9. The molecule has 5 nitrogen and oxygen atoms in total. The maximum absolute atomic E-state index is 12.7. The lowest BCUT2D eigenvalue weighted by Gasteiger charge is -2.22. The first kappa shape index (κ1) is 20.5. The molecule has 0 radical (unpaired) electrons. The molecule has 6 heteroatoms. The molecule has 2 aromatic carbocycles. The lowest BCUT2D eigenvalue weighted by molar-refractivity contribution is 0.00715. The van der Waals surface area contributed by atoms with Gasteiger partial charge in [0.15, 0.2) is 0 Å². The highest BCUT2D eigenvalue weighted by Gasteiger charge is 2.23. The van der Waals surface area contributed by atoms with Crippen molar-refractivity contribution in [1.29, 1.82) is 0 Å². The molecule has 0 fully saturated rings. The second-order valence-corrected chi connectivity index (χ2v) is 9.04. The Labute approximate surface area is 167 Å². The number of carbonyl (C=O) groups is 2. The summed E-state index contributed by atoms with van der Waals surface area (Å²) in [7, 11) is 0. The molecule has 0 atom stereocenters. The molecule has 0 aliphatic heterocycles. The fourth-order valence-corrected chi connectivity index (χ4v) is 3.11. The van der Waals surface area contributed by atoms with Crippen molar-refractivity contribution in [2.45, 2.75) is 52.7 Å². The quantitative estimate of drug-likeness (QED) is 0.450. The van der Waals surface area contributed by atoms with E-state index in [0.717, 1.165) is 14.3 Å². The molecule has 0 bridgehead atoms. The molecule has 0 spiro atoms. The molecular formula is C20H24INO4. The number of amides is 1. The van der Waals surface area contributed by atoms with E-state index in [1.54, 1.807) is 26.8 Å². The Morgan fingerprint density at radius 3 is 2.00 bits per heavy atom. The van der Waals surface area contributed by atoms with Crippen LogP contribution < -0.4 is 5.32 Å². The van der Waals surface area contributed by atoms with Gasteiger partial charge in [-0.15, -0.1) is 0 Å². The highest BCUT2D eigenvalue weighted by atomic mass is 127. The van der Waals surface area contributed by atoms with Gasteiger partial charge in [0.1, 0.15) is 11.2 Å². The molecule has 0 heterocycles. The molecule has 140 valence electrons. The van der Waals surface area contributed by atoms with Crippen LogP contribution in [-0.2, 0) is 9.47 Å². The van der Waals surface area contributed by atoms with E-state index in [9.17, 15) is 9.59 Å². The average Bonchev–Trinajstić information content (AvgIpc) is 2.46. The number of benzene rings is 2. The van der Waals surface area contributed by atoms with Gasteiger partial charge < -0.3 is 9.47 Å². The third kappa shape index (κ3) is 5.33. The lowest BCUT2D eigenvalue weighted by Crippen LogP contribution is -2.28. The molecule has 1 N–H and O–H groups in total. The smallest absolute Gasteiger partial charge is 0.412 e. The maximum atomic E-state index is 12.7. The number of anilines is 1. The van der Waals surface area contributed by atoms with Gasteiger partial charge in [0.25, 0.3) is 0 Å². The molecule has 0 aromatic heterocycles. The summed E-state index contributed by atoms with van der Waals surface area (Å²) in [5, 5.41) is 4.38. The minimum Gasteiger partial charge on any atom is -0.456 e. The van der Waals surface area contributed by atoms with Gasteiger partial charge in [0, 0.05) is 3.57 Å². The van der Waals surface area contributed by atoms with Crippen molar-refractivity contribution in [2.24, 2.45) is 0 Å². The van der Waals surface area contributed by atoms with Crippen LogP contribution in [0.15, 0.2) is 30.3 Å². The largest absolute Gasteiger partial charge is 0.456 e. The minimum absolute atomic E-state index is 0.405. The van der Waals surface area contributed by atoms with Crippen LogP contribution >= 0.6 is 22.6 Å². The number of halogens is 1. The second-order valence-electron chi connectivity index (χ2n) is 7.96. The van der Waals surface area contributed by atoms with E-state index in [2.05, 4.69) is 27.9 Å². The van der Waals surface area contributed by atoms with Gasteiger partial charge in [-0.05, 0) is 81.0 Å². The van der Waals surface area contributed by atoms with Gasteiger partial charge in [-0.2, -0.15) is 0 Å². The molecule has 0 aliphatic rings. The Hall–Kier alpha value is -1.83. The molecule has 2 rings (SSSR count). The topological polar surface area (TPSA) is 64.6 Å². The molecular weight excluding hydrogens is 445 g/mol. The summed E-state index contributed by atoms with van der Waals surface area (Å²) in [4.78, 5) is 24.9. The maximum Gasteiger partial charge on any atom is 0.412 e. The zero-order chi connectivity index (χ0) is 19.7. The molecule has 2 aromatic rings. The third-order valence-corrected chi connectivity index (χ3v) is 4.40. The Bertz CT molecular complexity index is 847. The monoisotopic (exact) mass is 469 g/mol. The zero-order valence-electron chi connectivity index (χ0n) is 15.9. The normalized spacial score (nSPS) is 12.0. The van der Waals surface area contributed by atoms with Crippen molar-refractivity contribution < 1.29 is 19.1 Å². The van der Waals surface area contributed by atoms with Gasteiger partial charge in [-0.3, -0.25) is 5.32 Å². The summed E-state index contributed by atoms with van der Waals surface area (Å²) in [5.74, 6) is -0.433. The van der Waals surface area contributed by atoms with Crippen LogP contribution in [0.25, 0.3) is 10.8 Å². The number of ether oxygens (including phenoxy) is 2.